The van der Waals surface area contributed by atoms with Gasteiger partial charge >= 0.3 is 0 Å². The van der Waals surface area contributed by atoms with Crippen molar-refractivity contribution in [2.24, 2.45) is 10.3 Å². The topological polar surface area (TPSA) is 72.7 Å². The molecule has 0 unspecified atom stereocenters. The number of benzene rings is 1. The van der Waals surface area contributed by atoms with Crippen LogP contribution >= 0.6 is 0 Å². The molecule has 0 bridgehead atoms. The molecule has 0 amide bonds. The Labute approximate surface area is 105 Å². The highest BCUT2D eigenvalue weighted by atomic mass is 16.5. The Morgan fingerprint density at radius 1 is 1.33 bits per heavy atom. The Hall–Kier alpha value is -2.31. The molecule has 0 atom stereocenters. The predicted octanol–water partition coefficient (Wildman–Crippen LogP) is 1.76. The molecule has 0 N–H and O–H groups in total. The van der Waals surface area contributed by atoms with Gasteiger partial charge in [0.25, 0.3) is 6.47 Å². The van der Waals surface area contributed by atoms with Gasteiger partial charge < -0.3 is 14.2 Å². The first-order valence-electron chi connectivity index (χ1n) is 5.11. The lowest BCUT2D eigenvalue weighted by Crippen LogP contribution is -2.13. The second-order valence-electron chi connectivity index (χ2n) is 3.28. The van der Waals surface area contributed by atoms with Gasteiger partial charge in [-0.1, -0.05) is 5.22 Å². The molecule has 0 fully saturated rings. The molecule has 7 heteroatoms. The molecule has 0 aliphatic rings. The van der Waals surface area contributed by atoms with Crippen molar-refractivity contribution in [2.75, 3.05) is 28.0 Å². The van der Waals surface area contributed by atoms with Crippen molar-refractivity contribution in [3.63, 3.8) is 0 Å². The molecule has 98 valence electrons. The van der Waals surface area contributed by atoms with Crippen LogP contribution in [0.3, 0.4) is 0 Å². The van der Waals surface area contributed by atoms with Crippen LogP contribution in [0.15, 0.2) is 28.5 Å². The molecule has 7 nitrogen and oxygen atoms in total. The predicted molar refractivity (Wildman–Crippen MR) is 63.8 cm³/mol. The zero-order valence-corrected chi connectivity index (χ0v) is 10.5. The van der Waals surface area contributed by atoms with E-state index in [1.165, 1.54) is 12.1 Å². The van der Waals surface area contributed by atoms with E-state index in [-0.39, 0.29) is 6.73 Å². The summed E-state index contributed by atoms with van der Waals surface area (Å²) in [5, 5.41) is 9.20. The van der Waals surface area contributed by atoms with Crippen LogP contribution in [-0.4, -0.2) is 39.5 Å². The minimum absolute atomic E-state index is 0.0332. The Balaban J connectivity index is 2.76. The van der Waals surface area contributed by atoms with Crippen LogP contribution in [-0.2, 0) is 9.53 Å². The van der Waals surface area contributed by atoms with Crippen LogP contribution in [0.2, 0.25) is 0 Å². The van der Waals surface area contributed by atoms with E-state index in [0.717, 1.165) is 0 Å². The van der Waals surface area contributed by atoms with Crippen molar-refractivity contribution < 1.29 is 19.0 Å². The number of ether oxygens (including phenoxy) is 3. The number of rotatable bonds is 7. The van der Waals surface area contributed by atoms with E-state index in [1.807, 2.05) is 0 Å². The first-order valence-corrected chi connectivity index (χ1v) is 5.11. The fraction of sp³-hybridized carbons (Fsp3) is 0.364. The zero-order valence-electron chi connectivity index (χ0n) is 10.5. The van der Waals surface area contributed by atoms with E-state index < -0.39 is 0 Å². The summed E-state index contributed by atoms with van der Waals surface area (Å²) in [6, 6.07) is 5.17. The molecule has 18 heavy (non-hydrogen) atoms. The molecule has 0 aliphatic carbocycles. The maximum Gasteiger partial charge on any atom is 0.294 e. The van der Waals surface area contributed by atoms with Gasteiger partial charge in [-0.25, -0.2) is 5.01 Å². The Morgan fingerprint density at radius 2 is 2.11 bits per heavy atom. The lowest BCUT2D eigenvalue weighted by Gasteiger charge is -2.10. The third-order valence-electron chi connectivity index (χ3n) is 2.02. The summed E-state index contributed by atoms with van der Waals surface area (Å²) in [4.78, 5) is 10.00. The number of nitrogens with zero attached hydrogens (tertiary/aromatic N) is 3. The van der Waals surface area contributed by atoms with Crippen molar-refractivity contribution in [3.05, 3.63) is 18.2 Å². The highest BCUT2D eigenvalue weighted by Crippen LogP contribution is 2.31. The summed E-state index contributed by atoms with van der Waals surface area (Å²) >= 11 is 0. The van der Waals surface area contributed by atoms with Gasteiger partial charge in [-0.05, 0) is 12.1 Å². The number of hydrogen-bond acceptors (Lipinski definition) is 6. The number of carbonyl (C=O) groups excluding carboxylic acids is 1. The Morgan fingerprint density at radius 3 is 2.72 bits per heavy atom. The summed E-state index contributed by atoms with van der Waals surface area (Å²) in [6.45, 7) is 0.380. The van der Waals surface area contributed by atoms with E-state index in [1.54, 1.807) is 32.4 Å². The second-order valence-corrected chi connectivity index (χ2v) is 3.28. The normalized spacial score (nSPS) is 10.2. The molecular weight excluding hydrogens is 238 g/mol. The van der Waals surface area contributed by atoms with E-state index >= 15 is 0 Å². The molecule has 0 spiro atoms. The quantitative estimate of drug-likeness (QED) is 0.320. The molecule has 0 saturated carbocycles. The van der Waals surface area contributed by atoms with Crippen molar-refractivity contribution in [3.8, 4) is 11.5 Å². The minimum Gasteiger partial charge on any atom is -0.497 e. The first-order chi connectivity index (χ1) is 8.71. The average molecular weight is 253 g/mol. The molecule has 0 saturated heterocycles. The molecular formula is C11H15N3O4. The minimum atomic E-state index is 0.0332. The van der Waals surface area contributed by atoms with Gasteiger partial charge in [0, 0.05) is 13.1 Å². The summed E-state index contributed by atoms with van der Waals surface area (Å²) in [7, 11) is 4.73. The van der Waals surface area contributed by atoms with Gasteiger partial charge in [-0.15, -0.1) is 5.11 Å². The van der Waals surface area contributed by atoms with Gasteiger partial charge in [-0.3, -0.25) is 4.79 Å². The van der Waals surface area contributed by atoms with Gasteiger partial charge in [0.2, 0.25) is 0 Å². The van der Waals surface area contributed by atoms with Crippen molar-refractivity contribution in [1.82, 2.24) is 5.01 Å². The summed E-state index contributed by atoms with van der Waals surface area (Å²) < 4.78 is 14.7. The van der Waals surface area contributed by atoms with Crippen LogP contribution in [0.25, 0.3) is 0 Å². The maximum atomic E-state index is 10.00. The third kappa shape index (κ3) is 3.93. The van der Waals surface area contributed by atoms with Gasteiger partial charge in [0.1, 0.15) is 17.2 Å². The molecule has 1 aromatic rings. The number of methoxy groups -OCH3 is 2. The average Bonchev–Trinajstić information content (AvgIpc) is 2.42. The van der Waals surface area contributed by atoms with Crippen molar-refractivity contribution in [1.29, 1.82) is 0 Å². The lowest BCUT2D eigenvalue weighted by molar-refractivity contribution is -0.132. The Bertz CT molecular complexity index is 423. The van der Waals surface area contributed by atoms with Crippen LogP contribution < -0.4 is 9.47 Å². The standard InChI is InChI=1S/C11H15N3O4/c1-14(7-18-8-15)13-12-10-5-4-9(16-2)6-11(10)17-3/h4-6,8H,7H2,1-3H3/b13-12+. The van der Waals surface area contributed by atoms with Gasteiger partial charge in [-0.2, -0.15) is 0 Å². The zero-order chi connectivity index (χ0) is 13.4. The molecule has 0 radical (unpaired) electrons. The molecule has 0 aliphatic heterocycles. The molecule has 0 heterocycles. The number of hydrogen-bond donors (Lipinski definition) is 0. The monoisotopic (exact) mass is 253 g/mol. The second kappa shape index (κ2) is 7.10. The first kappa shape index (κ1) is 13.8. The molecule has 1 rings (SSSR count). The van der Waals surface area contributed by atoms with Crippen LogP contribution in [0.1, 0.15) is 0 Å². The summed E-state index contributed by atoms with van der Waals surface area (Å²) in [5.74, 6) is 1.21. The SMILES string of the molecule is COc1ccc(/N=N/N(C)COC=O)c(OC)c1. The van der Waals surface area contributed by atoms with E-state index in [2.05, 4.69) is 15.1 Å². The Kier molecular flexibility index (Phi) is 5.43. The van der Waals surface area contributed by atoms with Crippen LogP contribution in [0.5, 0.6) is 11.5 Å². The largest absolute Gasteiger partial charge is 0.497 e. The third-order valence-corrected chi connectivity index (χ3v) is 2.02. The molecule has 0 aromatic heterocycles. The fourth-order valence-electron chi connectivity index (χ4n) is 1.16. The summed E-state index contributed by atoms with van der Waals surface area (Å²) in [5.41, 5.74) is 0.552. The highest BCUT2D eigenvalue weighted by molar-refractivity contribution is 5.54. The van der Waals surface area contributed by atoms with Crippen molar-refractivity contribution >= 4 is 12.2 Å². The van der Waals surface area contributed by atoms with Gasteiger partial charge in [0.15, 0.2) is 6.73 Å². The van der Waals surface area contributed by atoms with E-state index in [9.17, 15) is 4.79 Å². The number of carbonyl (C=O) groups is 1. The maximum absolute atomic E-state index is 10.00. The van der Waals surface area contributed by atoms with E-state index in [4.69, 9.17) is 9.47 Å². The van der Waals surface area contributed by atoms with Gasteiger partial charge in [0.05, 0.1) is 14.2 Å². The van der Waals surface area contributed by atoms with E-state index in [0.29, 0.717) is 23.7 Å². The summed E-state index contributed by atoms with van der Waals surface area (Å²) in [6.07, 6.45) is 0. The fourth-order valence-corrected chi connectivity index (χ4v) is 1.16. The smallest absolute Gasteiger partial charge is 0.294 e. The van der Waals surface area contributed by atoms with Crippen LogP contribution in [0, 0.1) is 0 Å². The molecule has 1 aromatic carbocycles. The lowest BCUT2D eigenvalue weighted by atomic mass is 10.3. The van der Waals surface area contributed by atoms with Crippen molar-refractivity contribution in [2.45, 2.75) is 0 Å². The highest BCUT2D eigenvalue weighted by Gasteiger charge is 2.04. The van der Waals surface area contributed by atoms with Crippen LogP contribution in [0.4, 0.5) is 5.69 Å².